The van der Waals surface area contributed by atoms with E-state index >= 15 is 0 Å². The van der Waals surface area contributed by atoms with Crippen molar-refractivity contribution in [2.45, 2.75) is 46.3 Å². The van der Waals surface area contributed by atoms with E-state index in [9.17, 15) is 4.79 Å². The van der Waals surface area contributed by atoms with Crippen LogP contribution in [-0.2, 0) is 9.53 Å². The first-order chi connectivity index (χ1) is 5.24. The van der Waals surface area contributed by atoms with Crippen molar-refractivity contribution in [3.63, 3.8) is 0 Å². The standard InChI is InChI=1S/C9H19NO2/c1-6(2)7(10)8(11)12-9(3,4)5/h6-7H,10H2,1-5H3. The molecule has 0 fully saturated rings. The summed E-state index contributed by atoms with van der Waals surface area (Å²) in [6.45, 7) is 9.29. The average molecular weight is 173 g/mol. The summed E-state index contributed by atoms with van der Waals surface area (Å²) < 4.78 is 5.10. The fourth-order valence-corrected chi connectivity index (χ4v) is 0.642. The number of rotatable bonds is 2. The van der Waals surface area contributed by atoms with E-state index in [2.05, 4.69) is 0 Å². The predicted molar refractivity (Wildman–Crippen MR) is 48.7 cm³/mol. The minimum absolute atomic E-state index is 0.125. The Morgan fingerprint density at radius 2 is 1.75 bits per heavy atom. The fraction of sp³-hybridized carbons (Fsp3) is 0.889. The number of esters is 1. The van der Waals surface area contributed by atoms with Crippen LogP contribution in [0.25, 0.3) is 0 Å². The molecule has 12 heavy (non-hydrogen) atoms. The van der Waals surface area contributed by atoms with Crippen LogP contribution in [0.2, 0.25) is 0 Å². The third kappa shape index (κ3) is 4.34. The number of carbonyl (C=O) groups excluding carboxylic acids is 1. The third-order valence-electron chi connectivity index (χ3n) is 1.40. The van der Waals surface area contributed by atoms with Crippen molar-refractivity contribution in [1.29, 1.82) is 0 Å². The highest BCUT2D eigenvalue weighted by molar-refractivity contribution is 5.76. The molecule has 0 radical (unpaired) electrons. The number of nitrogens with two attached hydrogens (primary N) is 1. The molecule has 0 saturated carbocycles. The molecule has 0 heterocycles. The Morgan fingerprint density at radius 1 is 1.33 bits per heavy atom. The molecule has 1 atom stereocenters. The van der Waals surface area contributed by atoms with Gasteiger partial charge in [-0.15, -0.1) is 0 Å². The second-order valence-corrected chi connectivity index (χ2v) is 4.30. The van der Waals surface area contributed by atoms with E-state index in [1.807, 2.05) is 34.6 Å². The molecule has 0 aromatic heterocycles. The van der Waals surface area contributed by atoms with E-state index in [-0.39, 0.29) is 11.9 Å². The van der Waals surface area contributed by atoms with Crippen LogP contribution in [0, 0.1) is 5.92 Å². The Bertz CT molecular complexity index is 158. The van der Waals surface area contributed by atoms with Crippen molar-refractivity contribution in [2.24, 2.45) is 11.7 Å². The molecule has 0 aromatic carbocycles. The Labute approximate surface area is 74.3 Å². The summed E-state index contributed by atoms with van der Waals surface area (Å²) in [5.74, 6) is -0.197. The zero-order valence-electron chi connectivity index (χ0n) is 8.55. The van der Waals surface area contributed by atoms with E-state index in [0.29, 0.717) is 0 Å². The summed E-state index contributed by atoms with van der Waals surface area (Å²) in [5.41, 5.74) is 5.15. The van der Waals surface area contributed by atoms with Gasteiger partial charge in [-0.25, -0.2) is 0 Å². The fourth-order valence-electron chi connectivity index (χ4n) is 0.642. The summed E-state index contributed by atoms with van der Waals surface area (Å²) in [4.78, 5) is 11.3. The predicted octanol–water partition coefficient (Wildman–Crippen LogP) is 1.31. The first-order valence-electron chi connectivity index (χ1n) is 4.22. The maximum absolute atomic E-state index is 11.3. The Morgan fingerprint density at radius 3 is 2.00 bits per heavy atom. The van der Waals surface area contributed by atoms with Gasteiger partial charge in [0.05, 0.1) is 0 Å². The second kappa shape index (κ2) is 3.90. The van der Waals surface area contributed by atoms with Gasteiger partial charge in [-0.1, -0.05) is 13.8 Å². The molecule has 0 amide bonds. The van der Waals surface area contributed by atoms with Crippen molar-refractivity contribution in [3.8, 4) is 0 Å². The van der Waals surface area contributed by atoms with Crippen molar-refractivity contribution in [3.05, 3.63) is 0 Å². The van der Waals surface area contributed by atoms with Crippen LogP contribution in [0.4, 0.5) is 0 Å². The Kier molecular flexibility index (Phi) is 3.71. The molecule has 0 aromatic rings. The van der Waals surface area contributed by atoms with Crippen LogP contribution in [0.15, 0.2) is 0 Å². The topological polar surface area (TPSA) is 52.3 Å². The lowest BCUT2D eigenvalue weighted by Crippen LogP contribution is -2.40. The largest absolute Gasteiger partial charge is 0.459 e. The van der Waals surface area contributed by atoms with Crippen LogP contribution in [0.3, 0.4) is 0 Å². The van der Waals surface area contributed by atoms with Crippen LogP contribution >= 0.6 is 0 Å². The molecule has 0 saturated heterocycles. The summed E-state index contributed by atoms with van der Waals surface area (Å²) in [7, 11) is 0. The molecule has 0 aliphatic rings. The lowest BCUT2D eigenvalue weighted by atomic mass is 10.1. The summed E-state index contributed by atoms with van der Waals surface area (Å²) in [5, 5.41) is 0. The van der Waals surface area contributed by atoms with Crippen molar-refractivity contribution >= 4 is 5.97 Å². The van der Waals surface area contributed by atoms with E-state index in [4.69, 9.17) is 10.5 Å². The van der Waals surface area contributed by atoms with Gasteiger partial charge in [0.2, 0.25) is 0 Å². The molecule has 72 valence electrons. The first kappa shape index (κ1) is 11.4. The highest BCUT2D eigenvalue weighted by Gasteiger charge is 2.23. The monoisotopic (exact) mass is 173 g/mol. The van der Waals surface area contributed by atoms with Gasteiger partial charge in [0.1, 0.15) is 11.6 Å². The number of hydrogen-bond donors (Lipinski definition) is 1. The highest BCUT2D eigenvalue weighted by Crippen LogP contribution is 2.10. The van der Waals surface area contributed by atoms with Gasteiger partial charge in [0.25, 0.3) is 0 Å². The van der Waals surface area contributed by atoms with Gasteiger partial charge in [0.15, 0.2) is 0 Å². The smallest absolute Gasteiger partial charge is 0.323 e. The van der Waals surface area contributed by atoms with E-state index in [1.165, 1.54) is 0 Å². The van der Waals surface area contributed by atoms with Gasteiger partial charge in [0, 0.05) is 0 Å². The van der Waals surface area contributed by atoms with Gasteiger partial charge < -0.3 is 10.5 Å². The summed E-state index contributed by atoms with van der Waals surface area (Å²) in [6, 6.07) is -0.510. The number of hydrogen-bond acceptors (Lipinski definition) is 3. The second-order valence-electron chi connectivity index (χ2n) is 4.30. The molecular formula is C9H19NO2. The molecular weight excluding hydrogens is 154 g/mol. The lowest BCUT2D eigenvalue weighted by molar-refractivity contribution is -0.157. The maximum atomic E-state index is 11.3. The van der Waals surface area contributed by atoms with Gasteiger partial charge >= 0.3 is 5.97 Å². The third-order valence-corrected chi connectivity index (χ3v) is 1.40. The molecule has 0 spiro atoms. The number of ether oxygens (including phenoxy) is 1. The molecule has 0 aliphatic carbocycles. The Hall–Kier alpha value is -0.570. The van der Waals surface area contributed by atoms with Gasteiger partial charge in [-0.2, -0.15) is 0 Å². The first-order valence-corrected chi connectivity index (χ1v) is 4.22. The highest BCUT2D eigenvalue weighted by atomic mass is 16.6. The molecule has 0 rings (SSSR count). The van der Waals surface area contributed by atoms with Crippen LogP contribution in [0.5, 0.6) is 0 Å². The van der Waals surface area contributed by atoms with E-state index < -0.39 is 11.6 Å². The van der Waals surface area contributed by atoms with Crippen molar-refractivity contribution < 1.29 is 9.53 Å². The van der Waals surface area contributed by atoms with Gasteiger partial charge in [-0.3, -0.25) is 4.79 Å². The lowest BCUT2D eigenvalue weighted by Gasteiger charge is -2.23. The quantitative estimate of drug-likeness (QED) is 0.640. The minimum Gasteiger partial charge on any atom is -0.459 e. The van der Waals surface area contributed by atoms with E-state index in [1.54, 1.807) is 0 Å². The molecule has 2 N–H and O–H groups in total. The molecule has 3 nitrogen and oxygen atoms in total. The zero-order chi connectivity index (χ0) is 9.94. The molecule has 3 heteroatoms. The molecule has 1 unspecified atom stereocenters. The van der Waals surface area contributed by atoms with Gasteiger partial charge in [-0.05, 0) is 26.7 Å². The average Bonchev–Trinajstić information content (AvgIpc) is 1.82. The maximum Gasteiger partial charge on any atom is 0.323 e. The van der Waals surface area contributed by atoms with Crippen LogP contribution in [-0.4, -0.2) is 17.6 Å². The normalized spacial score (nSPS) is 14.6. The Balaban J connectivity index is 4.05. The molecule has 0 bridgehead atoms. The molecule has 0 aliphatic heterocycles. The van der Waals surface area contributed by atoms with Crippen LogP contribution < -0.4 is 5.73 Å². The van der Waals surface area contributed by atoms with Crippen molar-refractivity contribution in [1.82, 2.24) is 0 Å². The number of carbonyl (C=O) groups is 1. The van der Waals surface area contributed by atoms with Crippen molar-refractivity contribution in [2.75, 3.05) is 0 Å². The summed E-state index contributed by atoms with van der Waals surface area (Å²) in [6.07, 6.45) is 0. The zero-order valence-corrected chi connectivity index (χ0v) is 8.55. The minimum atomic E-state index is -0.510. The van der Waals surface area contributed by atoms with Crippen LogP contribution in [0.1, 0.15) is 34.6 Å². The van der Waals surface area contributed by atoms with E-state index in [0.717, 1.165) is 0 Å². The summed E-state index contributed by atoms with van der Waals surface area (Å²) >= 11 is 0. The SMILES string of the molecule is CC(C)C(N)C(=O)OC(C)(C)C.